The number of rotatable bonds is 8. The predicted molar refractivity (Wildman–Crippen MR) is 87.8 cm³/mol. The van der Waals surface area contributed by atoms with E-state index in [0.717, 1.165) is 12.8 Å². The first kappa shape index (κ1) is 15.7. The van der Waals surface area contributed by atoms with Gasteiger partial charge in [0.05, 0.1) is 5.56 Å². The highest BCUT2D eigenvalue weighted by Gasteiger charge is 2.06. The van der Waals surface area contributed by atoms with E-state index in [1.807, 2.05) is 18.2 Å². The predicted octanol–water partition coefficient (Wildman–Crippen LogP) is 2.44. The van der Waals surface area contributed by atoms with E-state index in [4.69, 9.17) is 0 Å². The first-order valence-electron chi connectivity index (χ1n) is 7.28. The Kier molecular flexibility index (Phi) is 6.11. The second-order valence-corrected chi connectivity index (χ2v) is 4.81. The van der Waals surface area contributed by atoms with Gasteiger partial charge in [0.1, 0.15) is 0 Å². The highest BCUT2D eigenvalue weighted by atomic mass is 16.1. The van der Waals surface area contributed by atoms with Crippen molar-refractivity contribution in [1.82, 2.24) is 15.3 Å². The average Bonchev–Trinajstić information content (AvgIpc) is 2.58. The van der Waals surface area contributed by atoms with E-state index >= 15 is 0 Å². The molecule has 1 amide bonds. The van der Waals surface area contributed by atoms with E-state index in [9.17, 15) is 4.79 Å². The fourth-order valence-electron chi connectivity index (χ4n) is 1.94. The lowest BCUT2D eigenvalue weighted by atomic mass is 10.1. The molecule has 0 aliphatic heterocycles. The minimum atomic E-state index is -0.150. The van der Waals surface area contributed by atoms with Gasteiger partial charge in [-0.05, 0) is 18.4 Å². The Bertz CT molecular complexity index is 596. The van der Waals surface area contributed by atoms with Crippen LogP contribution in [0, 0.1) is 0 Å². The van der Waals surface area contributed by atoms with Crippen molar-refractivity contribution < 1.29 is 4.79 Å². The Labute approximate surface area is 130 Å². The van der Waals surface area contributed by atoms with Crippen LogP contribution in [-0.4, -0.2) is 29.0 Å². The van der Waals surface area contributed by atoms with Gasteiger partial charge >= 0.3 is 0 Å². The minimum Gasteiger partial charge on any atom is -0.352 e. The van der Waals surface area contributed by atoms with Crippen LogP contribution in [0.4, 0.5) is 5.95 Å². The number of amides is 1. The van der Waals surface area contributed by atoms with Crippen LogP contribution in [0.1, 0.15) is 22.3 Å². The Morgan fingerprint density at radius 2 is 1.91 bits per heavy atom. The number of hydrogen-bond acceptors (Lipinski definition) is 4. The van der Waals surface area contributed by atoms with Crippen molar-refractivity contribution in [3.8, 4) is 0 Å². The summed E-state index contributed by atoms with van der Waals surface area (Å²) >= 11 is 0. The van der Waals surface area contributed by atoms with Crippen molar-refractivity contribution in [1.29, 1.82) is 0 Å². The molecule has 2 aromatic rings. The van der Waals surface area contributed by atoms with Gasteiger partial charge in [-0.15, -0.1) is 6.58 Å². The molecule has 0 radical (unpaired) electrons. The lowest BCUT2D eigenvalue weighted by Gasteiger charge is -2.06. The van der Waals surface area contributed by atoms with Gasteiger partial charge < -0.3 is 10.6 Å². The number of aryl methyl sites for hydroxylation is 1. The van der Waals surface area contributed by atoms with Crippen LogP contribution in [0.2, 0.25) is 0 Å². The SMILES string of the molecule is C=CCNc1ncc(C(=O)NCCCc2ccccc2)cn1. The summed E-state index contributed by atoms with van der Waals surface area (Å²) in [5.41, 5.74) is 1.74. The number of carbonyl (C=O) groups is 1. The normalized spacial score (nSPS) is 10.0. The van der Waals surface area contributed by atoms with E-state index in [0.29, 0.717) is 24.6 Å². The monoisotopic (exact) mass is 296 g/mol. The third-order valence-corrected chi connectivity index (χ3v) is 3.09. The summed E-state index contributed by atoms with van der Waals surface area (Å²) < 4.78 is 0. The third-order valence-electron chi connectivity index (χ3n) is 3.09. The number of nitrogens with one attached hydrogen (secondary N) is 2. The van der Waals surface area contributed by atoms with Crippen molar-refractivity contribution in [3.63, 3.8) is 0 Å². The molecule has 5 heteroatoms. The summed E-state index contributed by atoms with van der Waals surface area (Å²) in [5.74, 6) is 0.337. The molecule has 0 saturated heterocycles. The van der Waals surface area contributed by atoms with Crippen molar-refractivity contribution >= 4 is 11.9 Å². The molecule has 1 heterocycles. The maximum Gasteiger partial charge on any atom is 0.254 e. The third kappa shape index (κ3) is 5.01. The summed E-state index contributed by atoms with van der Waals surface area (Å²) in [6.45, 7) is 4.82. The van der Waals surface area contributed by atoms with Gasteiger partial charge in [0.2, 0.25) is 5.95 Å². The van der Waals surface area contributed by atoms with Crippen LogP contribution < -0.4 is 10.6 Å². The standard InChI is InChI=1S/C17H20N4O/c1-2-10-19-17-20-12-15(13-21-17)16(22)18-11-6-9-14-7-4-3-5-8-14/h2-5,7-8,12-13H,1,6,9-11H2,(H,18,22)(H,19,20,21). The van der Waals surface area contributed by atoms with Gasteiger partial charge in [-0.3, -0.25) is 4.79 Å². The summed E-state index contributed by atoms with van der Waals surface area (Å²) in [5, 5.41) is 5.84. The van der Waals surface area contributed by atoms with Crippen molar-refractivity contribution in [2.24, 2.45) is 0 Å². The van der Waals surface area contributed by atoms with Crippen LogP contribution in [-0.2, 0) is 6.42 Å². The van der Waals surface area contributed by atoms with E-state index in [2.05, 4.69) is 39.3 Å². The lowest BCUT2D eigenvalue weighted by molar-refractivity contribution is 0.0952. The van der Waals surface area contributed by atoms with Crippen LogP contribution in [0.15, 0.2) is 55.4 Å². The number of anilines is 1. The van der Waals surface area contributed by atoms with E-state index < -0.39 is 0 Å². The zero-order valence-corrected chi connectivity index (χ0v) is 12.5. The number of carbonyl (C=O) groups excluding carboxylic acids is 1. The lowest BCUT2D eigenvalue weighted by Crippen LogP contribution is -2.25. The van der Waals surface area contributed by atoms with Gasteiger partial charge in [-0.1, -0.05) is 36.4 Å². The molecule has 0 aliphatic carbocycles. The highest BCUT2D eigenvalue weighted by molar-refractivity contribution is 5.93. The summed E-state index contributed by atoms with van der Waals surface area (Å²) in [6, 6.07) is 10.2. The van der Waals surface area contributed by atoms with E-state index in [-0.39, 0.29) is 5.91 Å². The van der Waals surface area contributed by atoms with Gasteiger partial charge in [0.15, 0.2) is 0 Å². The van der Waals surface area contributed by atoms with E-state index in [1.165, 1.54) is 18.0 Å². The smallest absolute Gasteiger partial charge is 0.254 e. The molecule has 2 N–H and O–H groups in total. The molecule has 22 heavy (non-hydrogen) atoms. The maximum absolute atomic E-state index is 12.0. The van der Waals surface area contributed by atoms with Crippen LogP contribution in [0.3, 0.4) is 0 Å². The molecule has 0 saturated carbocycles. The van der Waals surface area contributed by atoms with Crippen molar-refractivity contribution in [2.75, 3.05) is 18.4 Å². The molecule has 0 atom stereocenters. The Hall–Kier alpha value is -2.69. The molecular weight excluding hydrogens is 276 g/mol. The van der Waals surface area contributed by atoms with Crippen LogP contribution in [0.5, 0.6) is 0 Å². The minimum absolute atomic E-state index is 0.150. The number of nitrogens with zero attached hydrogens (tertiary/aromatic N) is 2. The van der Waals surface area contributed by atoms with E-state index in [1.54, 1.807) is 6.08 Å². The fourth-order valence-corrected chi connectivity index (χ4v) is 1.94. The molecule has 1 aromatic carbocycles. The number of aromatic nitrogens is 2. The quantitative estimate of drug-likeness (QED) is 0.580. The highest BCUT2D eigenvalue weighted by Crippen LogP contribution is 2.03. The molecule has 5 nitrogen and oxygen atoms in total. The molecule has 0 fully saturated rings. The molecule has 114 valence electrons. The summed E-state index contributed by atoms with van der Waals surface area (Å²) in [6.07, 6.45) is 6.60. The zero-order valence-electron chi connectivity index (χ0n) is 12.5. The van der Waals surface area contributed by atoms with Gasteiger partial charge in [-0.25, -0.2) is 9.97 Å². The van der Waals surface area contributed by atoms with Gasteiger partial charge in [0, 0.05) is 25.5 Å². The first-order chi connectivity index (χ1) is 10.8. The second-order valence-electron chi connectivity index (χ2n) is 4.81. The van der Waals surface area contributed by atoms with Gasteiger partial charge in [-0.2, -0.15) is 0 Å². The molecule has 2 rings (SSSR count). The maximum atomic E-state index is 12.0. The van der Waals surface area contributed by atoms with Crippen molar-refractivity contribution in [2.45, 2.75) is 12.8 Å². The van der Waals surface area contributed by atoms with Crippen LogP contribution >= 0.6 is 0 Å². The summed E-state index contributed by atoms with van der Waals surface area (Å²) in [7, 11) is 0. The molecule has 1 aromatic heterocycles. The second kappa shape index (κ2) is 8.56. The molecule has 0 unspecified atom stereocenters. The zero-order chi connectivity index (χ0) is 15.6. The first-order valence-corrected chi connectivity index (χ1v) is 7.28. The molecule has 0 spiro atoms. The molecule has 0 aliphatic rings. The Balaban J connectivity index is 1.73. The Morgan fingerprint density at radius 3 is 2.59 bits per heavy atom. The molecule has 0 bridgehead atoms. The topological polar surface area (TPSA) is 66.9 Å². The molecular formula is C17H20N4O. The number of hydrogen-bond donors (Lipinski definition) is 2. The van der Waals surface area contributed by atoms with Crippen LogP contribution in [0.25, 0.3) is 0 Å². The van der Waals surface area contributed by atoms with Crippen molar-refractivity contribution in [3.05, 3.63) is 66.5 Å². The largest absolute Gasteiger partial charge is 0.352 e. The summed E-state index contributed by atoms with van der Waals surface area (Å²) in [4.78, 5) is 20.1. The average molecular weight is 296 g/mol. The number of benzene rings is 1. The Morgan fingerprint density at radius 1 is 1.18 bits per heavy atom. The fraction of sp³-hybridized carbons (Fsp3) is 0.235. The van der Waals surface area contributed by atoms with Gasteiger partial charge in [0.25, 0.3) is 5.91 Å².